The summed E-state index contributed by atoms with van der Waals surface area (Å²) < 4.78 is 0. The molecule has 154 valence electrons. The van der Waals surface area contributed by atoms with Crippen LogP contribution >= 0.6 is 0 Å². The van der Waals surface area contributed by atoms with E-state index in [1.807, 2.05) is 0 Å². The summed E-state index contributed by atoms with van der Waals surface area (Å²) in [5.41, 5.74) is 12.8. The summed E-state index contributed by atoms with van der Waals surface area (Å²) in [6.45, 7) is 0. The first-order valence-corrected chi connectivity index (χ1v) is 11.5. The zero-order chi connectivity index (χ0) is 21.8. The van der Waals surface area contributed by atoms with Crippen LogP contribution in [0.2, 0.25) is 0 Å². The minimum absolute atomic E-state index is 0.335. The Bertz CT molecular complexity index is 1510. The maximum atomic E-state index is 2.36. The summed E-state index contributed by atoms with van der Waals surface area (Å²) in [7, 11) is 0. The monoisotopic (exact) mass is 418 g/mol. The molecule has 0 atom stereocenters. The zero-order valence-electron chi connectivity index (χ0n) is 18.2. The van der Waals surface area contributed by atoms with Crippen molar-refractivity contribution in [3.8, 4) is 22.3 Å². The number of fused-ring (bicyclic) bond motifs is 9. The molecule has 0 saturated heterocycles. The molecule has 0 radical (unpaired) electrons. The van der Waals surface area contributed by atoms with Crippen LogP contribution in [0.4, 0.5) is 0 Å². The van der Waals surface area contributed by atoms with Crippen molar-refractivity contribution in [1.29, 1.82) is 0 Å². The Hall–Kier alpha value is -4.16. The third-order valence-corrected chi connectivity index (χ3v) is 7.32. The van der Waals surface area contributed by atoms with Gasteiger partial charge in [-0.05, 0) is 61.7 Å². The molecule has 0 aliphatic heterocycles. The van der Waals surface area contributed by atoms with Crippen molar-refractivity contribution in [3.05, 3.63) is 155 Å². The average molecular weight is 419 g/mol. The van der Waals surface area contributed by atoms with E-state index in [1.165, 1.54) is 55.6 Å². The third kappa shape index (κ3) is 2.46. The first-order chi connectivity index (χ1) is 16.4. The topological polar surface area (TPSA) is 0 Å². The number of rotatable bonds is 1. The lowest BCUT2D eigenvalue weighted by atomic mass is 9.66. The highest BCUT2D eigenvalue weighted by Gasteiger charge is 2.48. The second kappa shape index (κ2) is 6.92. The smallest absolute Gasteiger partial charge is 0.0622 e. The first kappa shape index (κ1) is 18.4. The van der Waals surface area contributed by atoms with Crippen molar-refractivity contribution >= 4 is 12.2 Å². The lowest BCUT2D eigenvalue weighted by Crippen LogP contribution is -2.29. The molecule has 0 heterocycles. The predicted molar refractivity (Wildman–Crippen MR) is 138 cm³/mol. The van der Waals surface area contributed by atoms with Crippen LogP contribution in [0.15, 0.2) is 121 Å². The Morgan fingerprint density at radius 3 is 1.64 bits per heavy atom. The molecule has 0 unspecified atom stereocenters. The molecule has 33 heavy (non-hydrogen) atoms. The van der Waals surface area contributed by atoms with Gasteiger partial charge in [0, 0.05) is 0 Å². The van der Waals surface area contributed by atoms with Crippen LogP contribution in [0.1, 0.15) is 33.4 Å². The third-order valence-electron chi connectivity index (χ3n) is 7.32. The van der Waals surface area contributed by atoms with Crippen LogP contribution in [-0.2, 0) is 5.41 Å². The standard InChI is InChI=1S/C33H22/c1-2-10-23(11-3-1)25-20-21-30-26(22-25)19-18-24-12-4-7-15-29(24)33(30)31-16-8-5-13-27(31)28-14-6-9-17-32(28)33/h1-22H. The molecular weight excluding hydrogens is 396 g/mol. The molecule has 0 bridgehead atoms. The summed E-state index contributed by atoms with van der Waals surface area (Å²) >= 11 is 0. The highest BCUT2D eigenvalue weighted by Crippen LogP contribution is 2.58. The molecule has 0 aromatic heterocycles. The van der Waals surface area contributed by atoms with Crippen LogP contribution < -0.4 is 0 Å². The van der Waals surface area contributed by atoms with Crippen molar-refractivity contribution in [3.63, 3.8) is 0 Å². The molecule has 1 spiro atoms. The lowest BCUT2D eigenvalue weighted by molar-refractivity contribution is 0.766. The largest absolute Gasteiger partial charge is 0.0725 e. The predicted octanol–water partition coefficient (Wildman–Crippen LogP) is 8.20. The molecule has 0 amide bonds. The molecule has 0 nitrogen and oxygen atoms in total. The molecule has 5 aromatic carbocycles. The summed E-state index contributed by atoms with van der Waals surface area (Å²) in [6.07, 6.45) is 4.60. The van der Waals surface area contributed by atoms with Crippen molar-refractivity contribution in [2.45, 2.75) is 5.41 Å². The Morgan fingerprint density at radius 1 is 0.364 bits per heavy atom. The van der Waals surface area contributed by atoms with E-state index >= 15 is 0 Å². The van der Waals surface area contributed by atoms with E-state index < -0.39 is 0 Å². The van der Waals surface area contributed by atoms with E-state index in [4.69, 9.17) is 0 Å². The normalized spacial score (nSPS) is 14.2. The summed E-state index contributed by atoms with van der Waals surface area (Å²) in [4.78, 5) is 0. The average Bonchev–Trinajstić information content (AvgIpc) is 3.10. The number of hydrogen-bond donors (Lipinski definition) is 0. The Balaban J connectivity index is 1.62. The minimum Gasteiger partial charge on any atom is -0.0622 e. The molecule has 7 rings (SSSR count). The SMILES string of the molecule is C1=Cc2cc(-c3ccccc3)ccc2C2(c3ccccc31)c1ccccc1-c1ccccc12. The number of benzene rings is 5. The van der Waals surface area contributed by atoms with E-state index in [2.05, 4.69) is 133 Å². The second-order valence-corrected chi connectivity index (χ2v) is 8.93. The fourth-order valence-electron chi connectivity index (χ4n) is 5.98. The van der Waals surface area contributed by atoms with Crippen LogP contribution in [0.5, 0.6) is 0 Å². The molecule has 0 heteroatoms. The van der Waals surface area contributed by atoms with Gasteiger partial charge in [-0.3, -0.25) is 0 Å². The highest BCUT2D eigenvalue weighted by molar-refractivity contribution is 5.91. The van der Waals surface area contributed by atoms with Gasteiger partial charge in [-0.25, -0.2) is 0 Å². The van der Waals surface area contributed by atoms with E-state index in [0.717, 1.165) is 0 Å². The van der Waals surface area contributed by atoms with Gasteiger partial charge in [0.1, 0.15) is 0 Å². The van der Waals surface area contributed by atoms with Crippen LogP contribution in [0.3, 0.4) is 0 Å². The molecule has 2 aliphatic rings. The minimum atomic E-state index is -0.335. The van der Waals surface area contributed by atoms with Gasteiger partial charge in [0.15, 0.2) is 0 Å². The molecule has 2 aliphatic carbocycles. The van der Waals surface area contributed by atoms with E-state index in [1.54, 1.807) is 0 Å². The first-order valence-electron chi connectivity index (χ1n) is 11.5. The Kier molecular flexibility index (Phi) is 3.86. The summed E-state index contributed by atoms with van der Waals surface area (Å²) in [5.74, 6) is 0. The Labute approximate surface area is 194 Å². The molecule has 0 fully saturated rings. The summed E-state index contributed by atoms with van der Waals surface area (Å²) in [6, 6.07) is 44.5. The van der Waals surface area contributed by atoms with E-state index in [0.29, 0.717) is 0 Å². The molecule has 5 aromatic rings. The van der Waals surface area contributed by atoms with Gasteiger partial charge in [0.05, 0.1) is 5.41 Å². The number of hydrogen-bond acceptors (Lipinski definition) is 0. The highest BCUT2D eigenvalue weighted by atomic mass is 14.5. The van der Waals surface area contributed by atoms with Gasteiger partial charge < -0.3 is 0 Å². The van der Waals surface area contributed by atoms with Crippen molar-refractivity contribution in [1.82, 2.24) is 0 Å². The van der Waals surface area contributed by atoms with E-state index in [9.17, 15) is 0 Å². The summed E-state index contributed by atoms with van der Waals surface area (Å²) in [5, 5.41) is 0. The van der Waals surface area contributed by atoms with Crippen molar-refractivity contribution in [2.75, 3.05) is 0 Å². The molecular formula is C33H22. The zero-order valence-corrected chi connectivity index (χ0v) is 18.2. The van der Waals surface area contributed by atoms with Gasteiger partial charge >= 0.3 is 0 Å². The van der Waals surface area contributed by atoms with Crippen molar-refractivity contribution in [2.24, 2.45) is 0 Å². The Morgan fingerprint density at radius 2 is 0.909 bits per heavy atom. The molecule has 0 saturated carbocycles. The second-order valence-electron chi connectivity index (χ2n) is 8.93. The van der Waals surface area contributed by atoms with Crippen LogP contribution in [0, 0.1) is 0 Å². The van der Waals surface area contributed by atoms with Gasteiger partial charge in [-0.1, -0.05) is 127 Å². The fourth-order valence-corrected chi connectivity index (χ4v) is 5.98. The quantitative estimate of drug-likeness (QED) is 0.252. The lowest BCUT2D eigenvalue weighted by Gasteiger charge is -2.35. The fraction of sp³-hybridized carbons (Fsp3) is 0.0303. The maximum Gasteiger partial charge on any atom is 0.0725 e. The van der Waals surface area contributed by atoms with Gasteiger partial charge in [-0.15, -0.1) is 0 Å². The van der Waals surface area contributed by atoms with Gasteiger partial charge in [0.2, 0.25) is 0 Å². The van der Waals surface area contributed by atoms with Crippen LogP contribution in [-0.4, -0.2) is 0 Å². The van der Waals surface area contributed by atoms with Crippen LogP contribution in [0.25, 0.3) is 34.4 Å². The van der Waals surface area contributed by atoms with E-state index in [-0.39, 0.29) is 5.41 Å². The molecule has 0 N–H and O–H groups in total. The maximum absolute atomic E-state index is 2.36. The van der Waals surface area contributed by atoms with Gasteiger partial charge in [0.25, 0.3) is 0 Å². The van der Waals surface area contributed by atoms with Crippen molar-refractivity contribution < 1.29 is 0 Å². The van der Waals surface area contributed by atoms with Gasteiger partial charge in [-0.2, -0.15) is 0 Å².